The van der Waals surface area contributed by atoms with Gasteiger partial charge in [-0.05, 0) is 12.0 Å². The predicted octanol–water partition coefficient (Wildman–Crippen LogP) is 2.00. The molecule has 6 heteroatoms. The van der Waals surface area contributed by atoms with Gasteiger partial charge in [0.1, 0.15) is 0 Å². The summed E-state index contributed by atoms with van der Waals surface area (Å²) in [5, 5.41) is 10.7. The van der Waals surface area contributed by atoms with Crippen molar-refractivity contribution in [2.24, 2.45) is 5.73 Å². The SMILES string of the molecule is CCCCN1C(=O)CC(N)C1c1ccc([N+](=O)[O-])cc1. The Morgan fingerprint density at radius 1 is 1.40 bits per heavy atom. The molecule has 1 aliphatic rings. The van der Waals surface area contributed by atoms with Gasteiger partial charge in [-0.1, -0.05) is 25.5 Å². The number of hydrogen-bond acceptors (Lipinski definition) is 4. The fraction of sp³-hybridized carbons (Fsp3) is 0.500. The van der Waals surface area contributed by atoms with Gasteiger partial charge in [0.2, 0.25) is 5.91 Å². The van der Waals surface area contributed by atoms with Crippen molar-refractivity contribution in [2.45, 2.75) is 38.3 Å². The number of hydrogen-bond donors (Lipinski definition) is 1. The molecule has 0 aromatic heterocycles. The number of nitro benzene ring substituents is 1. The van der Waals surface area contributed by atoms with Crippen molar-refractivity contribution >= 4 is 11.6 Å². The molecule has 1 aromatic carbocycles. The number of rotatable bonds is 5. The van der Waals surface area contributed by atoms with E-state index in [2.05, 4.69) is 6.92 Å². The van der Waals surface area contributed by atoms with Crippen LogP contribution in [0.3, 0.4) is 0 Å². The first-order valence-electron chi connectivity index (χ1n) is 6.84. The van der Waals surface area contributed by atoms with Crippen LogP contribution in [0.1, 0.15) is 37.8 Å². The van der Waals surface area contributed by atoms with Crippen molar-refractivity contribution in [2.75, 3.05) is 6.54 Å². The minimum Gasteiger partial charge on any atom is -0.334 e. The van der Waals surface area contributed by atoms with Crippen molar-refractivity contribution in [1.82, 2.24) is 4.90 Å². The number of carbonyl (C=O) groups is 1. The van der Waals surface area contributed by atoms with Crippen LogP contribution in [0.15, 0.2) is 24.3 Å². The summed E-state index contributed by atoms with van der Waals surface area (Å²) in [5.41, 5.74) is 6.98. The molecule has 0 bridgehead atoms. The highest BCUT2D eigenvalue weighted by Crippen LogP contribution is 2.33. The Labute approximate surface area is 117 Å². The van der Waals surface area contributed by atoms with Gasteiger partial charge in [-0.3, -0.25) is 14.9 Å². The number of non-ortho nitro benzene ring substituents is 1. The zero-order valence-corrected chi connectivity index (χ0v) is 11.5. The zero-order valence-electron chi connectivity index (χ0n) is 11.5. The van der Waals surface area contributed by atoms with Crippen molar-refractivity contribution in [3.63, 3.8) is 0 Å². The monoisotopic (exact) mass is 277 g/mol. The summed E-state index contributed by atoms with van der Waals surface area (Å²) in [7, 11) is 0. The molecule has 1 saturated heterocycles. The number of nitrogens with zero attached hydrogens (tertiary/aromatic N) is 2. The van der Waals surface area contributed by atoms with Crippen LogP contribution in [0.5, 0.6) is 0 Å². The lowest BCUT2D eigenvalue weighted by atomic mass is 10.0. The van der Waals surface area contributed by atoms with E-state index >= 15 is 0 Å². The quantitative estimate of drug-likeness (QED) is 0.658. The molecular weight excluding hydrogens is 258 g/mol. The van der Waals surface area contributed by atoms with Gasteiger partial charge in [0.05, 0.1) is 11.0 Å². The Bertz CT molecular complexity index is 501. The predicted molar refractivity (Wildman–Crippen MR) is 75.1 cm³/mol. The van der Waals surface area contributed by atoms with Gasteiger partial charge in [-0.25, -0.2) is 0 Å². The van der Waals surface area contributed by atoms with Crippen molar-refractivity contribution in [3.05, 3.63) is 39.9 Å². The number of amides is 1. The lowest BCUT2D eigenvalue weighted by Crippen LogP contribution is -2.33. The van der Waals surface area contributed by atoms with Crippen molar-refractivity contribution in [1.29, 1.82) is 0 Å². The van der Waals surface area contributed by atoms with E-state index in [1.807, 2.05) is 0 Å². The smallest absolute Gasteiger partial charge is 0.269 e. The molecule has 1 aliphatic heterocycles. The molecule has 2 N–H and O–H groups in total. The van der Waals surface area contributed by atoms with Gasteiger partial charge in [0, 0.05) is 31.1 Å². The van der Waals surface area contributed by atoms with Crippen LogP contribution in [-0.2, 0) is 4.79 Å². The van der Waals surface area contributed by atoms with Crippen LogP contribution in [0.2, 0.25) is 0 Å². The number of unbranched alkanes of at least 4 members (excludes halogenated alkanes) is 1. The minimum absolute atomic E-state index is 0.0479. The molecule has 1 fully saturated rings. The van der Waals surface area contributed by atoms with Crippen LogP contribution in [0.4, 0.5) is 5.69 Å². The maximum absolute atomic E-state index is 12.0. The number of benzene rings is 1. The fourth-order valence-electron chi connectivity index (χ4n) is 2.63. The molecule has 6 nitrogen and oxygen atoms in total. The standard InChI is InChI=1S/C14H19N3O3/c1-2-3-8-16-13(18)9-12(15)14(16)10-4-6-11(7-5-10)17(19)20/h4-7,12,14H,2-3,8-9,15H2,1H3. The summed E-state index contributed by atoms with van der Waals surface area (Å²) in [6, 6.07) is 5.89. The van der Waals surface area contributed by atoms with E-state index in [-0.39, 0.29) is 23.7 Å². The van der Waals surface area contributed by atoms with E-state index < -0.39 is 4.92 Å². The molecule has 1 aromatic rings. The zero-order chi connectivity index (χ0) is 14.7. The molecule has 108 valence electrons. The third-order valence-electron chi connectivity index (χ3n) is 3.67. The van der Waals surface area contributed by atoms with Crippen molar-refractivity contribution < 1.29 is 9.72 Å². The van der Waals surface area contributed by atoms with Crippen LogP contribution in [-0.4, -0.2) is 28.3 Å². The summed E-state index contributed by atoms with van der Waals surface area (Å²) in [6.07, 6.45) is 2.28. The first-order chi connectivity index (χ1) is 9.54. The van der Waals surface area contributed by atoms with Gasteiger partial charge in [-0.2, -0.15) is 0 Å². The summed E-state index contributed by atoms with van der Waals surface area (Å²) < 4.78 is 0. The van der Waals surface area contributed by atoms with Gasteiger partial charge < -0.3 is 10.6 Å². The Balaban J connectivity index is 2.23. The average Bonchev–Trinajstić information content (AvgIpc) is 2.70. The second-order valence-electron chi connectivity index (χ2n) is 5.10. The molecule has 0 spiro atoms. The van der Waals surface area contributed by atoms with E-state index in [4.69, 9.17) is 5.73 Å². The highest BCUT2D eigenvalue weighted by Gasteiger charge is 2.38. The number of nitro groups is 1. The highest BCUT2D eigenvalue weighted by molar-refractivity contribution is 5.80. The van der Waals surface area contributed by atoms with E-state index in [9.17, 15) is 14.9 Å². The molecule has 20 heavy (non-hydrogen) atoms. The normalized spacial score (nSPS) is 22.3. The van der Waals surface area contributed by atoms with Gasteiger partial charge >= 0.3 is 0 Å². The van der Waals surface area contributed by atoms with E-state index in [0.717, 1.165) is 18.4 Å². The van der Waals surface area contributed by atoms with Crippen LogP contribution < -0.4 is 5.73 Å². The number of carbonyl (C=O) groups excluding carboxylic acids is 1. The molecule has 1 amide bonds. The maximum Gasteiger partial charge on any atom is 0.269 e. The molecule has 0 aliphatic carbocycles. The van der Waals surface area contributed by atoms with Crippen molar-refractivity contribution in [3.8, 4) is 0 Å². The molecule has 2 rings (SSSR count). The largest absolute Gasteiger partial charge is 0.334 e. The first kappa shape index (κ1) is 14.5. The third-order valence-corrected chi connectivity index (χ3v) is 3.67. The number of likely N-dealkylation sites (tertiary alicyclic amines) is 1. The van der Waals surface area contributed by atoms with Crippen LogP contribution in [0.25, 0.3) is 0 Å². The van der Waals surface area contributed by atoms with E-state index in [1.54, 1.807) is 17.0 Å². The third kappa shape index (κ3) is 2.80. The van der Waals surface area contributed by atoms with E-state index in [0.29, 0.717) is 13.0 Å². The minimum atomic E-state index is -0.432. The van der Waals surface area contributed by atoms with Crippen LogP contribution >= 0.6 is 0 Å². The molecule has 0 radical (unpaired) electrons. The molecule has 0 saturated carbocycles. The van der Waals surface area contributed by atoms with E-state index in [1.165, 1.54) is 12.1 Å². The van der Waals surface area contributed by atoms with Crippen LogP contribution in [0, 0.1) is 10.1 Å². The Kier molecular flexibility index (Phi) is 4.34. The maximum atomic E-state index is 12.0. The summed E-state index contributed by atoms with van der Waals surface area (Å²) >= 11 is 0. The second kappa shape index (κ2) is 6.00. The second-order valence-corrected chi connectivity index (χ2v) is 5.10. The highest BCUT2D eigenvalue weighted by atomic mass is 16.6. The Morgan fingerprint density at radius 3 is 2.60 bits per heavy atom. The number of nitrogens with two attached hydrogens (primary N) is 1. The lowest BCUT2D eigenvalue weighted by molar-refractivity contribution is -0.384. The lowest BCUT2D eigenvalue weighted by Gasteiger charge is -2.27. The average molecular weight is 277 g/mol. The van der Waals surface area contributed by atoms with Gasteiger partial charge in [-0.15, -0.1) is 0 Å². The summed E-state index contributed by atoms with van der Waals surface area (Å²) in [5.74, 6) is 0.0642. The Hall–Kier alpha value is -1.95. The summed E-state index contributed by atoms with van der Waals surface area (Å²) in [6.45, 7) is 2.76. The summed E-state index contributed by atoms with van der Waals surface area (Å²) in [4.78, 5) is 24.0. The topological polar surface area (TPSA) is 89.5 Å². The molecular formula is C14H19N3O3. The molecule has 2 atom stereocenters. The van der Waals surface area contributed by atoms with Gasteiger partial charge in [0.15, 0.2) is 0 Å². The fourth-order valence-corrected chi connectivity index (χ4v) is 2.63. The molecule has 1 heterocycles. The van der Waals surface area contributed by atoms with Gasteiger partial charge in [0.25, 0.3) is 5.69 Å². The first-order valence-corrected chi connectivity index (χ1v) is 6.84. The Morgan fingerprint density at radius 2 is 2.05 bits per heavy atom. The molecule has 2 unspecified atom stereocenters.